The molecule has 0 radical (unpaired) electrons. The van der Waals surface area contributed by atoms with Crippen molar-refractivity contribution in [2.75, 3.05) is 25.3 Å². The lowest BCUT2D eigenvalue weighted by molar-refractivity contribution is -0.385. The number of nitrogens with zero attached hydrogens (tertiary/aromatic N) is 4. The number of nitrogens with one attached hydrogen (secondary N) is 2. The molecule has 4 aromatic rings. The molecule has 12 nitrogen and oxygen atoms in total. The van der Waals surface area contributed by atoms with E-state index in [1.54, 1.807) is 25.1 Å². The van der Waals surface area contributed by atoms with Crippen LogP contribution in [-0.4, -0.2) is 51.5 Å². The Kier molecular flexibility index (Phi) is 10.2. The molecule has 0 unspecified atom stereocenters. The number of amides is 2. The number of carbonyl (C=O) groups excluding carboxylic acids is 2. The molecule has 0 spiro atoms. The summed E-state index contributed by atoms with van der Waals surface area (Å²) in [7, 11) is 2.89. The predicted molar refractivity (Wildman–Crippen MR) is 159 cm³/mol. The lowest BCUT2D eigenvalue weighted by Crippen LogP contribution is -2.25. The molecule has 2 amide bonds. The fraction of sp³-hybridized carbons (Fsp3) is 0.214. The number of benzene rings is 3. The summed E-state index contributed by atoms with van der Waals surface area (Å²) in [5, 5.41) is 24.8. The van der Waals surface area contributed by atoms with E-state index in [1.807, 2.05) is 0 Å². The molecule has 0 saturated heterocycles. The molecule has 236 valence electrons. The van der Waals surface area contributed by atoms with Crippen LogP contribution < -0.4 is 20.1 Å². The minimum atomic E-state index is -4.63. The van der Waals surface area contributed by atoms with E-state index in [2.05, 4.69) is 20.8 Å². The molecule has 0 atom stereocenters. The van der Waals surface area contributed by atoms with Gasteiger partial charge in [-0.25, -0.2) is 0 Å². The molecule has 4 rings (SSSR count). The predicted octanol–water partition coefficient (Wildman–Crippen LogP) is 5.83. The monoisotopic (exact) mass is 664 g/mol. The van der Waals surface area contributed by atoms with Crippen molar-refractivity contribution < 1.29 is 37.2 Å². The highest BCUT2D eigenvalue weighted by molar-refractivity contribution is 7.99. The number of rotatable bonds is 11. The maximum absolute atomic E-state index is 13.2. The smallest absolute Gasteiger partial charge is 0.416 e. The quantitative estimate of drug-likeness (QED) is 0.115. The minimum Gasteiger partial charge on any atom is -0.497 e. The Hall–Kier alpha value is -4.83. The molecule has 0 bridgehead atoms. The third kappa shape index (κ3) is 7.82. The molecule has 0 aliphatic heterocycles. The molecular formula is C28H24ClF3N6O6S. The van der Waals surface area contributed by atoms with Crippen molar-refractivity contribution in [3.8, 4) is 17.2 Å². The number of anilines is 1. The standard InChI is InChI=1S/C28H24ClF3N6O6S/c1-15-4-5-16(10-21(15)38(41)42)26(40)33-13-24-35-36-27(37(24)22-12-18(43-2)7-9-23(22)44-3)45-14-25(39)34-20-11-17(28(30,31)32)6-8-19(20)29/h4-12H,13-14H2,1-3H3,(H,33,40)(H,34,39). The summed E-state index contributed by atoms with van der Waals surface area (Å²) >= 11 is 6.91. The number of hydrogen-bond acceptors (Lipinski definition) is 9. The van der Waals surface area contributed by atoms with Gasteiger partial charge in [0.25, 0.3) is 11.6 Å². The highest BCUT2D eigenvalue weighted by Gasteiger charge is 2.31. The third-order valence-corrected chi connectivity index (χ3v) is 7.56. The maximum atomic E-state index is 13.2. The number of nitro benzene ring substituents is 1. The van der Waals surface area contributed by atoms with E-state index < -0.39 is 28.5 Å². The van der Waals surface area contributed by atoms with Gasteiger partial charge in [-0.05, 0) is 43.3 Å². The molecule has 0 aliphatic carbocycles. The summed E-state index contributed by atoms with van der Waals surface area (Å²) < 4.78 is 51.8. The lowest BCUT2D eigenvalue weighted by Gasteiger charge is -2.15. The zero-order chi connectivity index (χ0) is 32.9. The number of halogens is 4. The number of nitro groups is 1. The number of ether oxygens (including phenoxy) is 2. The molecule has 45 heavy (non-hydrogen) atoms. The molecule has 0 saturated carbocycles. The molecular weight excluding hydrogens is 641 g/mol. The van der Waals surface area contributed by atoms with E-state index in [0.717, 1.165) is 36.0 Å². The van der Waals surface area contributed by atoms with Crippen LogP contribution in [0, 0.1) is 17.0 Å². The van der Waals surface area contributed by atoms with Crippen molar-refractivity contribution in [3.05, 3.63) is 92.2 Å². The molecule has 2 N–H and O–H groups in total. The van der Waals surface area contributed by atoms with E-state index in [1.165, 1.54) is 30.9 Å². The number of alkyl halides is 3. The topological polar surface area (TPSA) is 151 Å². The molecule has 3 aromatic carbocycles. The molecule has 0 fully saturated rings. The Bertz CT molecular complexity index is 1770. The van der Waals surface area contributed by atoms with E-state index >= 15 is 0 Å². The Morgan fingerprint density at radius 2 is 1.82 bits per heavy atom. The number of aryl methyl sites for hydroxylation is 1. The van der Waals surface area contributed by atoms with Gasteiger partial charge < -0.3 is 20.1 Å². The SMILES string of the molecule is COc1ccc(OC)c(-n2c(CNC(=O)c3ccc(C)c([N+](=O)[O-])c3)nnc2SCC(=O)Nc2cc(C(F)(F)F)ccc2Cl)c1. The Morgan fingerprint density at radius 3 is 2.49 bits per heavy atom. The van der Waals surface area contributed by atoms with Crippen molar-refractivity contribution >= 4 is 46.6 Å². The number of thioether (sulfide) groups is 1. The summed E-state index contributed by atoms with van der Waals surface area (Å²) in [6.07, 6.45) is -4.63. The Balaban J connectivity index is 1.61. The third-order valence-electron chi connectivity index (χ3n) is 6.30. The van der Waals surface area contributed by atoms with Gasteiger partial charge in [0.2, 0.25) is 5.91 Å². The van der Waals surface area contributed by atoms with Crippen molar-refractivity contribution in [3.63, 3.8) is 0 Å². The average molecular weight is 665 g/mol. The first-order valence-electron chi connectivity index (χ1n) is 12.8. The van der Waals surface area contributed by atoms with Crippen LogP contribution in [0.5, 0.6) is 11.5 Å². The van der Waals surface area contributed by atoms with Crippen LogP contribution in [0.3, 0.4) is 0 Å². The van der Waals surface area contributed by atoms with Crippen LogP contribution in [0.25, 0.3) is 5.69 Å². The van der Waals surface area contributed by atoms with Crippen LogP contribution in [0.2, 0.25) is 5.02 Å². The van der Waals surface area contributed by atoms with Gasteiger partial charge in [-0.3, -0.25) is 24.3 Å². The molecule has 0 aliphatic rings. The second-order valence-corrected chi connectivity index (χ2v) is 10.6. The highest BCUT2D eigenvalue weighted by Crippen LogP contribution is 2.35. The average Bonchev–Trinajstić information content (AvgIpc) is 3.41. The first kappa shape index (κ1) is 33.1. The number of aromatic nitrogens is 3. The second-order valence-electron chi connectivity index (χ2n) is 9.24. The summed E-state index contributed by atoms with van der Waals surface area (Å²) in [6, 6.07) is 11.5. The van der Waals surface area contributed by atoms with Crippen LogP contribution >= 0.6 is 23.4 Å². The Morgan fingerprint density at radius 1 is 1.07 bits per heavy atom. The van der Waals surface area contributed by atoms with E-state index in [4.69, 9.17) is 21.1 Å². The zero-order valence-corrected chi connectivity index (χ0v) is 25.3. The second kappa shape index (κ2) is 13.9. The van der Waals surface area contributed by atoms with Gasteiger partial charge in [0.05, 0.1) is 53.4 Å². The van der Waals surface area contributed by atoms with Crippen molar-refractivity contribution in [1.29, 1.82) is 0 Å². The molecule has 1 aromatic heterocycles. The van der Waals surface area contributed by atoms with E-state index in [0.29, 0.717) is 22.7 Å². The fourth-order valence-electron chi connectivity index (χ4n) is 4.04. The number of carbonyl (C=O) groups is 2. The molecule has 1 heterocycles. The van der Waals surface area contributed by atoms with Crippen molar-refractivity contribution in [2.45, 2.75) is 24.8 Å². The van der Waals surface area contributed by atoms with Crippen LogP contribution in [0.15, 0.2) is 59.8 Å². The summed E-state index contributed by atoms with van der Waals surface area (Å²) in [4.78, 5) is 36.4. The summed E-state index contributed by atoms with van der Waals surface area (Å²) in [6.45, 7) is 1.36. The van der Waals surface area contributed by atoms with Gasteiger partial charge in [-0.15, -0.1) is 10.2 Å². The maximum Gasteiger partial charge on any atom is 0.416 e. The van der Waals surface area contributed by atoms with Crippen molar-refractivity contribution in [1.82, 2.24) is 20.1 Å². The first-order chi connectivity index (χ1) is 21.3. The van der Waals surface area contributed by atoms with Gasteiger partial charge in [-0.1, -0.05) is 29.4 Å². The van der Waals surface area contributed by atoms with Crippen LogP contribution in [-0.2, 0) is 17.5 Å². The minimum absolute atomic E-state index is 0.0526. The van der Waals surface area contributed by atoms with Crippen LogP contribution in [0.4, 0.5) is 24.5 Å². The van der Waals surface area contributed by atoms with Gasteiger partial charge in [0.1, 0.15) is 11.5 Å². The summed E-state index contributed by atoms with van der Waals surface area (Å²) in [5.41, 5.74) is -0.574. The van der Waals surface area contributed by atoms with Crippen LogP contribution in [0.1, 0.15) is 27.3 Å². The number of methoxy groups -OCH3 is 2. The lowest BCUT2D eigenvalue weighted by atomic mass is 10.1. The van der Waals surface area contributed by atoms with E-state index in [-0.39, 0.29) is 45.2 Å². The van der Waals surface area contributed by atoms with E-state index in [9.17, 15) is 32.9 Å². The number of hydrogen-bond donors (Lipinski definition) is 2. The molecule has 17 heteroatoms. The zero-order valence-electron chi connectivity index (χ0n) is 23.8. The van der Waals surface area contributed by atoms with Gasteiger partial charge in [0.15, 0.2) is 11.0 Å². The van der Waals surface area contributed by atoms with Gasteiger partial charge >= 0.3 is 6.18 Å². The normalized spacial score (nSPS) is 11.2. The van der Waals surface area contributed by atoms with Gasteiger partial charge in [0, 0.05) is 23.3 Å². The fourth-order valence-corrected chi connectivity index (χ4v) is 4.97. The Labute approximate surface area is 263 Å². The summed E-state index contributed by atoms with van der Waals surface area (Å²) in [5.74, 6) is -0.605. The highest BCUT2D eigenvalue weighted by atomic mass is 35.5. The largest absolute Gasteiger partial charge is 0.497 e. The van der Waals surface area contributed by atoms with Gasteiger partial charge in [-0.2, -0.15) is 13.2 Å². The first-order valence-corrected chi connectivity index (χ1v) is 14.2. The van der Waals surface area contributed by atoms with Crippen molar-refractivity contribution in [2.24, 2.45) is 0 Å².